The second-order valence-electron chi connectivity index (χ2n) is 8.68. The number of benzene rings is 2. The predicted octanol–water partition coefficient (Wildman–Crippen LogP) is 6.57. The van der Waals surface area contributed by atoms with Crippen molar-refractivity contribution in [1.29, 1.82) is 0 Å². The second kappa shape index (κ2) is 5.32. The highest BCUT2D eigenvalue weighted by Crippen LogP contribution is 2.51. The minimum atomic E-state index is 0.0786. The average molecular weight is 375 g/mol. The van der Waals surface area contributed by atoms with Crippen LogP contribution in [0.5, 0.6) is 11.5 Å². The molecular formula is C24H24NOS+. The molecule has 0 bridgehead atoms. The molecule has 2 nitrogen and oxygen atoms in total. The van der Waals surface area contributed by atoms with Gasteiger partial charge >= 0.3 is 0 Å². The lowest BCUT2D eigenvalue weighted by atomic mass is 9.84. The van der Waals surface area contributed by atoms with Crippen molar-refractivity contribution in [2.45, 2.75) is 40.0 Å². The van der Waals surface area contributed by atoms with Gasteiger partial charge < -0.3 is 4.74 Å². The van der Waals surface area contributed by atoms with E-state index >= 15 is 0 Å². The van der Waals surface area contributed by atoms with Crippen molar-refractivity contribution in [3.05, 3.63) is 52.5 Å². The summed E-state index contributed by atoms with van der Waals surface area (Å²) in [5, 5.41) is 5.99. The van der Waals surface area contributed by atoms with Crippen LogP contribution in [0.4, 0.5) is 0 Å². The summed E-state index contributed by atoms with van der Waals surface area (Å²) in [6, 6.07) is 9.00. The molecule has 1 aliphatic rings. The van der Waals surface area contributed by atoms with Gasteiger partial charge in [0.25, 0.3) is 0 Å². The van der Waals surface area contributed by atoms with Crippen LogP contribution >= 0.6 is 11.3 Å². The van der Waals surface area contributed by atoms with E-state index in [1.807, 2.05) is 0 Å². The van der Waals surface area contributed by atoms with Crippen LogP contribution in [0.2, 0.25) is 0 Å². The van der Waals surface area contributed by atoms with Crippen LogP contribution in [-0.2, 0) is 12.5 Å². The van der Waals surface area contributed by atoms with Crippen molar-refractivity contribution in [2.24, 2.45) is 7.05 Å². The van der Waals surface area contributed by atoms with E-state index in [1.54, 1.807) is 11.3 Å². The number of thiophene rings is 1. The fourth-order valence-electron chi connectivity index (χ4n) is 4.29. The van der Waals surface area contributed by atoms with E-state index in [4.69, 9.17) is 4.74 Å². The number of nitrogens with zero attached hydrogens (tertiary/aromatic N) is 1. The summed E-state index contributed by atoms with van der Waals surface area (Å²) in [4.78, 5) is 0. The van der Waals surface area contributed by atoms with Crippen molar-refractivity contribution in [2.75, 3.05) is 0 Å². The number of pyridine rings is 1. The molecule has 0 spiro atoms. The third-order valence-electron chi connectivity index (χ3n) is 5.87. The molecule has 1 aliphatic heterocycles. The van der Waals surface area contributed by atoms with Gasteiger partial charge in [-0.05, 0) is 64.7 Å². The Morgan fingerprint density at radius 3 is 2.56 bits per heavy atom. The molecule has 0 amide bonds. The molecule has 27 heavy (non-hydrogen) atoms. The fraction of sp³-hybridized carbons (Fsp3) is 0.292. The third-order valence-corrected chi connectivity index (χ3v) is 6.90. The molecule has 0 radical (unpaired) electrons. The Morgan fingerprint density at radius 1 is 1.04 bits per heavy atom. The van der Waals surface area contributed by atoms with Crippen molar-refractivity contribution < 1.29 is 9.30 Å². The first-order valence-electron chi connectivity index (χ1n) is 9.43. The van der Waals surface area contributed by atoms with E-state index in [0.29, 0.717) is 0 Å². The first kappa shape index (κ1) is 16.8. The fourth-order valence-corrected chi connectivity index (χ4v) is 5.25. The van der Waals surface area contributed by atoms with Crippen molar-refractivity contribution in [3.63, 3.8) is 0 Å². The maximum absolute atomic E-state index is 6.62. The molecule has 0 saturated carbocycles. The van der Waals surface area contributed by atoms with E-state index in [-0.39, 0.29) is 5.41 Å². The standard InChI is InChI=1S/C24H24NOS/c1-13-17-8-10-27-23(17)14(2)22-19(13)21-20-15(7-9-25(21)6)11-16(24(3,4)5)12-18(20)26-22/h7-12H,1-6H3/q+1. The molecule has 0 saturated heterocycles. The van der Waals surface area contributed by atoms with Gasteiger partial charge in [-0.1, -0.05) is 20.8 Å². The summed E-state index contributed by atoms with van der Waals surface area (Å²) in [5.41, 5.74) is 6.43. The van der Waals surface area contributed by atoms with E-state index < -0.39 is 0 Å². The summed E-state index contributed by atoms with van der Waals surface area (Å²) in [6.45, 7) is 11.2. The lowest BCUT2D eigenvalue weighted by Gasteiger charge is -2.26. The van der Waals surface area contributed by atoms with Gasteiger partial charge in [0.1, 0.15) is 18.5 Å². The topological polar surface area (TPSA) is 13.1 Å². The van der Waals surface area contributed by atoms with Gasteiger partial charge in [-0.3, -0.25) is 0 Å². The van der Waals surface area contributed by atoms with Crippen LogP contribution in [0.15, 0.2) is 35.8 Å². The SMILES string of the molecule is Cc1c2c(c(C)c3sccc13)Oc1cc(C(C)(C)C)cc3cc[n+](C)c-2c13. The van der Waals surface area contributed by atoms with Crippen LogP contribution in [0.25, 0.3) is 32.1 Å². The molecule has 0 aliphatic carbocycles. The molecule has 5 rings (SSSR count). The highest BCUT2D eigenvalue weighted by atomic mass is 32.1. The molecule has 2 aromatic heterocycles. The zero-order chi connectivity index (χ0) is 19.1. The molecule has 0 N–H and O–H groups in total. The van der Waals surface area contributed by atoms with Crippen molar-refractivity contribution in [3.8, 4) is 22.8 Å². The number of hydrogen-bond acceptors (Lipinski definition) is 2. The van der Waals surface area contributed by atoms with Gasteiger partial charge in [0.15, 0.2) is 6.20 Å². The molecule has 4 aromatic rings. The largest absolute Gasteiger partial charge is 0.455 e. The third kappa shape index (κ3) is 2.21. The number of rotatable bonds is 0. The van der Waals surface area contributed by atoms with Crippen molar-refractivity contribution in [1.82, 2.24) is 0 Å². The first-order chi connectivity index (χ1) is 12.8. The Labute approximate surface area is 164 Å². The first-order valence-corrected chi connectivity index (χ1v) is 10.3. The molecule has 3 heterocycles. The van der Waals surface area contributed by atoms with E-state index in [0.717, 1.165) is 11.5 Å². The van der Waals surface area contributed by atoms with Gasteiger partial charge in [-0.2, -0.15) is 0 Å². The maximum atomic E-state index is 6.62. The minimum absolute atomic E-state index is 0.0786. The van der Waals surface area contributed by atoms with Crippen molar-refractivity contribution >= 4 is 32.2 Å². The van der Waals surface area contributed by atoms with E-state index in [1.165, 1.54) is 48.8 Å². The Bertz CT molecular complexity index is 1260. The minimum Gasteiger partial charge on any atom is -0.455 e. The van der Waals surface area contributed by atoms with Gasteiger partial charge in [-0.15, -0.1) is 11.3 Å². The molecule has 0 fully saturated rings. The van der Waals surface area contributed by atoms with Crippen LogP contribution in [-0.4, -0.2) is 0 Å². The zero-order valence-corrected chi connectivity index (χ0v) is 17.5. The van der Waals surface area contributed by atoms with Crippen LogP contribution < -0.4 is 9.30 Å². The molecule has 3 heteroatoms. The van der Waals surface area contributed by atoms with Crippen LogP contribution in [0.1, 0.15) is 37.5 Å². The number of ether oxygens (including phenoxy) is 1. The van der Waals surface area contributed by atoms with E-state index in [9.17, 15) is 0 Å². The Balaban J connectivity index is 1.97. The maximum Gasteiger partial charge on any atom is 0.228 e. The monoisotopic (exact) mass is 374 g/mol. The Hall–Kier alpha value is -2.39. The smallest absolute Gasteiger partial charge is 0.228 e. The summed E-state index contributed by atoms with van der Waals surface area (Å²) in [7, 11) is 2.14. The van der Waals surface area contributed by atoms with Crippen LogP contribution in [0, 0.1) is 13.8 Å². The summed E-state index contributed by atoms with van der Waals surface area (Å²) < 4.78 is 10.2. The number of fused-ring (bicyclic) bond motifs is 3. The summed E-state index contributed by atoms with van der Waals surface area (Å²) in [5.74, 6) is 2.00. The molecular weight excluding hydrogens is 350 g/mol. The van der Waals surface area contributed by atoms with Gasteiger partial charge in [0.05, 0.1) is 10.9 Å². The lowest BCUT2D eigenvalue weighted by molar-refractivity contribution is -0.659. The molecule has 0 unspecified atom stereocenters. The van der Waals surface area contributed by atoms with Gasteiger partial charge in [-0.25, -0.2) is 4.57 Å². The van der Waals surface area contributed by atoms with E-state index in [2.05, 4.69) is 82.1 Å². The Kier molecular flexibility index (Phi) is 3.31. The quantitative estimate of drug-likeness (QED) is 0.280. The molecule has 136 valence electrons. The summed E-state index contributed by atoms with van der Waals surface area (Å²) >= 11 is 1.80. The zero-order valence-electron chi connectivity index (χ0n) is 16.7. The molecule has 2 aromatic carbocycles. The highest BCUT2D eigenvalue weighted by molar-refractivity contribution is 7.17. The predicted molar refractivity (Wildman–Crippen MR) is 114 cm³/mol. The average Bonchev–Trinajstić information content (AvgIpc) is 3.11. The lowest BCUT2D eigenvalue weighted by Crippen LogP contribution is -2.32. The summed E-state index contributed by atoms with van der Waals surface area (Å²) in [6.07, 6.45) is 2.18. The van der Waals surface area contributed by atoms with Gasteiger partial charge in [0.2, 0.25) is 5.69 Å². The second-order valence-corrected chi connectivity index (χ2v) is 9.60. The number of aryl methyl sites for hydroxylation is 3. The van der Waals surface area contributed by atoms with Gasteiger partial charge in [0, 0.05) is 16.3 Å². The highest BCUT2D eigenvalue weighted by Gasteiger charge is 2.33. The number of hydrogen-bond donors (Lipinski definition) is 0. The van der Waals surface area contributed by atoms with Crippen LogP contribution in [0.3, 0.4) is 0 Å². The normalized spacial score (nSPS) is 13.1. The molecule has 0 atom stereocenters. The Morgan fingerprint density at radius 2 is 1.81 bits per heavy atom. The number of aromatic nitrogens is 1.